The van der Waals surface area contributed by atoms with Crippen LogP contribution in [0.15, 0.2) is 54.6 Å². The first kappa shape index (κ1) is 17.2. The molecular formula is C21H23NO3. The zero-order valence-corrected chi connectivity index (χ0v) is 14.2. The lowest BCUT2D eigenvalue weighted by Crippen LogP contribution is -2.37. The van der Waals surface area contributed by atoms with Crippen molar-refractivity contribution < 1.29 is 14.7 Å². The molecule has 2 aromatic carbocycles. The molecule has 1 aliphatic rings. The number of carbonyl (C=O) groups is 2. The van der Waals surface area contributed by atoms with Gasteiger partial charge in [0.1, 0.15) is 0 Å². The van der Waals surface area contributed by atoms with E-state index in [2.05, 4.69) is 11.4 Å². The molecule has 0 radical (unpaired) electrons. The summed E-state index contributed by atoms with van der Waals surface area (Å²) in [6.45, 7) is 0.164. The minimum Gasteiger partial charge on any atom is -0.481 e. The van der Waals surface area contributed by atoms with Gasteiger partial charge in [-0.1, -0.05) is 54.6 Å². The molecule has 2 unspecified atom stereocenters. The summed E-state index contributed by atoms with van der Waals surface area (Å²) in [4.78, 5) is 23.9. The quantitative estimate of drug-likeness (QED) is 0.792. The van der Waals surface area contributed by atoms with E-state index in [1.54, 1.807) is 0 Å². The molecule has 1 aliphatic carbocycles. The van der Waals surface area contributed by atoms with E-state index in [0.29, 0.717) is 6.42 Å². The van der Waals surface area contributed by atoms with Crippen LogP contribution in [0.4, 0.5) is 0 Å². The van der Waals surface area contributed by atoms with Crippen LogP contribution in [0.25, 0.3) is 10.8 Å². The van der Waals surface area contributed by atoms with Crippen LogP contribution >= 0.6 is 0 Å². The molecule has 0 spiro atoms. The fraction of sp³-hybridized carbons (Fsp3) is 0.333. The molecule has 0 bridgehead atoms. The molecule has 4 nitrogen and oxygen atoms in total. The minimum absolute atomic E-state index is 0.0306. The maximum absolute atomic E-state index is 12.3. The van der Waals surface area contributed by atoms with Crippen molar-refractivity contribution in [2.75, 3.05) is 6.54 Å². The van der Waals surface area contributed by atoms with E-state index >= 15 is 0 Å². The van der Waals surface area contributed by atoms with E-state index in [9.17, 15) is 14.7 Å². The van der Waals surface area contributed by atoms with Crippen molar-refractivity contribution in [3.8, 4) is 0 Å². The first-order chi connectivity index (χ1) is 12.1. The van der Waals surface area contributed by atoms with Crippen LogP contribution < -0.4 is 5.32 Å². The molecule has 130 valence electrons. The highest BCUT2D eigenvalue weighted by Gasteiger charge is 2.23. The smallest absolute Gasteiger partial charge is 0.308 e. The summed E-state index contributed by atoms with van der Waals surface area (Å²) < 4.78 is 0. The highest BCUT2D eigenvalue weighted by Crippen LogP contribution is 2.22. The maximum Gasteiger partial charge on any atom is 0.308 e. The molecule has 1 amide bonds. The third-order valence-corrected chi connectivity index (χ3v) is 4.86. The van der Waals surface area contributed by atoms with Crippen LogP contribution in [0.1, 0.15) is 24.8 Å². The zero-order chi connectivity index (χ0) is 17.6. The van der Waals surface area contributed by atoms with Crippen LogP contribution in [0.5, 0.6) is 0 Å². The number of hydrogen-bond acceptors (Lipinski definition) is 2. The van der Waals surface area contributed by atoms with Gasteiger partial charge in [0.05, 0.1) is 5.92 Å². The highest BCUT2D eigenvalue weighted by molar-refractivity contribution is 5.86. The monoisotopic (exact) mass is 337 g/mol. The van der Waals surface area contributed by atoms with Gasteiger partial charge in [0.25, 0.3) is 0 Å². The fourth-order valence-corrected chi connectivity index (χ4v) is 3.38. The Morgan fingerprint density at radius 3 is 2.68 bits per heavy atom. The number of amides is 1. The number of benzene rings is 2. The minimum atomic E-state index is -0.878. The third-order valence-electron chi connectivity index (χ3n) is 4.86. The Labute approximate surface area is 147 Å². The molecule has 0 aromatic heterocycles. The Kier molecular flexibility index (Phi) is 5.49. The van der Waals surface area contributed by atoms with E-state index in [-0.39, 0.29) is 18.4 Å². The predicted molar refractivity (Wildman–Crippen MR) is 98.3 cm³/mol. The Hall–Kier alpha value is -2.62. The summed E-state index contributed by atoms with van der Waals surface area (Å²) in [5, 5.41) is 14.6. The van der Waals surface area contributed by atoms with Gasteiger partial charge in [-0.2, -0.15) is 0 Å². The summed E-state index contributed by atoms with van der Waals surface area (Å²) in [7, 11) is 0. The molecular weight excluding hydrogens is 314 g/mol. The van der Waals surface area contributed by atoms with E-state index in [0.717, 1.165) is 35.6 Å². The number of carboxylic acids is 1. The second kappa shape index (κ2) is 7.97. The zero-order valence-electron chi connectivity index (χ0n) is 14.2. The number of nitrogens with one attached hydrogen (secondary N) is 1. The molecule has 3 rings (SSSR count). The highest BCUT2D eigenvalue weighted by atomic mass is 16.4. The molecule has 2 aromatic rings. The van der Waals surface area contributed by atoms with Crippen molar-refractivity contribution in [1.29, 1.82) is 0 Å². The number of hydrogen-bond donors (Lipinski definition) is 2. The molecule has 0 heterocycles. The van der Waals surface area contributed by atoms with Gasteiger partial charge in [0, 0.05) is 12.5 Å². The van der Waals surface area contributed by atoms with Crippen LogP contribution in [0, 0.1) is 11.8 Å². The molecule has 0 saturated heterocycles. The van der Waals surface area contributed by atoms with Gasteiger partial charge in [-0.15, -0.1) is 0 Å². The second-order valence-electron chi connectivity index (χ2n) is 6.60. The summed E-state index contributed by atoms with van der Waals surface area (Å²) in [5.41, 5.74) is 1.00. The lowest BCUT2D eigenvalue weighted by atomic mass is 9.92. The Bertz CT molecular complexity index is 791. The molecule has 2 N–H and O–H groups in total. The van der Waals surface area contributed by atoms with Gasteiger partial charge in [0.15, 0.2) is 0 Å². The van der Waals surface area contributed by atoms with E-state index in [1.807, 2.05) is 48.5 Å². The van der Waals surface area contributed by atoms with E-state index in [4.69, 9.17) is 0 Å². The van der Waals surface area contributed by atoms with Crippen LogP contribution in [-0.2, 0) is 16.0 Å². The van der Waals surface area contributed by atoms with Crippen molar-refractivity contribution in [1.82, 2.24) is 5.32 Å². The van der Waals surface area contributed by atoms with Crippen molar-refractivity contribution >= 4 is 22.6 Å². The molecule has 0 aliphatic heterocycles. The largest absolute Gasteiger partial charge is 0.481 e. The number of allylic oxidation sites excluding steroid dienone is 2. The van der Waals surface area contributed by atoms with Crippen LogP contribution in [-0.4, -0.2) is 23.5 Å². The van der Waals surface area contributed by atoms with Gasteiger partial charge in [0.2, 0.25) is 5.91 Å². The van der Waals surface area contributed by atoms with Gasteiger partial charge in [-0.3, -0.25) is 9.59 Å². The SMILES string of the molecule is O=C(O)C(CNC(=O)C1CC=CCC1)Cc1cccc2ccccc12. The van der Waals surface area contributed by atoms with Gasteiger partial charge in [-0.25, -0.2) is 0 Å². The van der Waals surface area contributed by atoms with Crippen molar-refractivity contribution in [2.24, 2.45) is 11.8 Å². The molecule has 2 atom stereocenters. The lowest BCUT2D eigenvalue weighted by molar-refractivity contribution is -0.141. The van der Waals surface area contributed by atoms with Gasteiger partial charge in [-0.05, 0) is 42.0 Å². The Balaban J connectivity index is 1.68. The molecule has 0 fully saturated rings. The summed E-state index contributed by atoms with van der Waals surface area (Å²) in [5.74, 6) is -1.57. The van der Waals surface area contributed by atoms with E-state index < -0.39 is 11.9 Å². The molecule has 25 heavy (non-hydrogen) atoms. The average molecular weight is 337 g/mol. The third kappa shape index (κ3) is 4.27. The summed E-state index contributed by atoms with van der Waals surface area (Å²) in [6.07, 6.45) is 7.01. The van der Waals surface area contributed by atoms with Crippen LogP contribution in [0.2, 0.25) is 0 Å². The lowest BCUT2D eigenvalue weighted by Gasteiger charge is -2.19. The topological polar surface area (TPSA) is 66.4 Å². The number of carbonyl (C=O) groups excluding carboxylic acids is 1. The standard InChI is InChI=1S/C21H23NO3/c23-20(16-8-2-1-3-9-16)22-14-18(21(24)25)13-17-11-6-10-15-7-4-5-12-19(15)17/h1-2,4-7,10-12,16,18H,3,8-9,13-14H2,(H,22,23)(H,24,25). The summed E-state index contributed by atoms with van der Waals surface area (Å²) >= 11 is 0. The number of carboxylic acid groups (broad SMARTS) is 1. The van der Waals surface area contributed by atoms with Crippen molar-refractivity contribution in [3.05, 3.63) is 60.2 Å². The average Bonchev–Trinajstić information content (AvgIpc) is 2.65. The molecule has 4 heteroatoms. The number of fused-ring (bicyclic) bond motifs is 1. The predicted octanol–water partition coefficient (Wildman–Crippen LogP) is 3.56. The normalized spacial score (nSPS) is 18.0. The first-order valence-corrected chi connectivity index (χ1v) is 8.77. The van der Waals surface area contributed by atoms with Crippen LogP contribution in [0.3, 0.4) is 0 Å². The second-order valence-corrected chi connectivity index (χ2v) is 6.60. The van der Waals surface area contributed by atoms with Gasteiger partial charge < -0.3 is 10.4 Å². The Morgan fingerprint density at radius 2 is 1.92 bits per heavy atom. The van der Waals surface area contributed by atoms with Crippen molar-refractivity contribution in [3.63, 3.8) is 0 Å². The molecule has 0 saturated carbocycles. The van der Waals surface area contributed by atoms with E-state index in [1.165, 1.54) is 0 Å². The first-order valence-electron chi connectivity index (χ1n) is 8.77. The number of rotatable bonds is 6. The Morgan fingerprint density at radius 1 is 1.12 bits per heavy atom. The number of aliphatic carboxylic acids is 1. The summed E-state index contributed by atoms with van der Waals surface area (Å²) in [6, 6.07) is 13.9. The van der Waals surface area contributed by atoms with Crippen molar-refractivity contribution in [2.45, 2.75) is 25.7 Å². The maximum atomic E-state index is 12.3. The fourth-order valence-electron chi connectivity index (χ4n) is 3.38. The van der Waals surface area contributed by atoms with Gasteiger partial charge >= 0.3 is 5.97 Å².